The number of hydrogen-bond acceptors (Lipinski definition) is 5. The Morgan fingerprint density at radius 2 is 1.79 bits per heavy atom. The predicted octanol–water partition coefficient (Wildman–Crippen LogP) is 6.15. The van der Waals surface area contributed by atoms with Crippen LogP contribution in [-0.4, -0.2) is 15.7 Å². The summed E-state index contributed by atoms with van der Waals surface area (Å²) in [7, 11) is 0. The first-order valence-corrected chi connectivity index (χ1v) is 10.9. The topological polar surface area (TPSA) is 78.5 Å². The van der Waals surface area contributed by atoms with Gasteiger partial charge in [-0.2, -0.15) is 5.10 Å². The number of fused-ring (bicyclic) bond motifs is 1. The van der Waals surface area contributed by atoms with E-state index in [4.69, 9.17) is 25.5 Å². The van der Waals surface area contributed by atoms with Crippen LogP contribution in [0.25, 0.3) is 10.8 Å². The van der Waals surface area contributed by atoms with Gasteiger partial charge in [0.05, 0.1) is 18.1 Å². The molecule has 0 saturated carbocycles. The molecule has 0 spiro atoms. The minimum atomic E-state index is -0.382. The molecular formula is C26H20ClN3O4. The Balaban J connectivity index is 1.15. The molecule has 0 fully saturated rings. The summed E-state index contributed by atoms with van der Waals surface area (Å²) in [5, 5.41) is 9.77. The van der Waals surface area contributed by atoms with Crippen molar-refractivity contribution in [3.63, 3.8) is 0 Å². The Labute approximate surface area is 200 Å². The number of furan rings is 1. The standard InChI is InChI=1S/C26H20ClN3O4/c27-20-6-3-7-22(13-20)33-17-30-15-21(14-28-30)29-26(31)25-11-10-24(34-25)16-32-23-9-8-18-4-1-2-5-19(18)12-23/h1-15H,16-17H2,(H,29,31). The van der Waals surface area contributed by atoms with E-state index < -0.39 is 0 Å². The van der Waals surface area contributed by atoms with E-state index >= 15 is 0 Å². The largest absolute Gasteiger partial charge is 0.486 e. The Morgan fingerprint density at radius 1 is 0.941 bits per heavy atom. The van der Waals surface area contributed by atoms with Crippen LogP contribution in [0.3, 0.4) is 0 Å². The molecule has 5 aromatic rings. The highest BCUT2D eigenvalue weighted by molar-refractivity contribution is 6.30. The number of ether oxygens (including phenoxy) is 2. The molecule has 0 aliphatic rings. The molecule has 1 amide bonds. The molecule has 2 aromatic heterocycles. The first-order valence-electron chi connectivity index (χ1n) is 10.5. The Hall–Kier alpha value is -4.23. The van der Waals surface area contributed by atoms with Gasteiger partial charge in [-0.1, -0.05) is 48.0 Å². The molecule has 5 rings (SSSR count). The van der Waals surface area contributed by atoms with Gasteiger partial charge in [0.15, 0.2) is 12.5 Å². The van der Waals surface area contributed by atoms with Crippen molar-refractivity contribution < 1.29 is 18.7 Å². The van der Waals surface area contributed by atoms with Crippen LogP contribution in [0, 0.1) is 0 Å². The second-order valence-corrected chi connectivity index (χ2v) is 7.95. The van der Waals surface area contributed by atoms with E-state index in [1.165, 1.54) is 6.20 Å². The smallest absolute Gasteiger partial charge is 0.291 e. The Bertz CT molecular complexity index is 1440. The molecule has 0 bridgehead atoms. The zero-order valence-electron chi connectivity index (χ0n) is 18.0. The SMILES string of the molecule is O=C(Nc1cnn(COc2cccc(Cl)c2)c1)c1ccc(COc2ccc3ccccc3c2)o1. The van der Waals surface area contributed by atoms with Crippen molar-refractivity contribution >= 4 is 34.0 Å². The van der Waals surface area contributed by atoms with Crippen LogP contribution in [0.15, 0.2) is 95.7 Å². The summed E-state index contributed by atoms with van der Waals surface area (Å²) in [6, 6.07) is 24.4. The summed E-state index contributed by atoms with van der Waals surface area (Å²) in [5.41, 5.74) is 0.519. The minimum absolute atomic E-state index is 0.174. The van der Waals surface area contributed by atoms with E-state index in [0.29, 0.717) is 22.2 Å². The van der Waals surface area contributed by atoms with Gasteiger partial charge in [-0.05, 0) is 53.2 Å². The number of aromatic nitrogens is 2. The van der Waals surface area contributed by atoms with E-state index in [1.54, 1.807) is 47.3 Å². The van der Waals surface area contributed by atoms with Crippen molar-refractivity contribution in [2.24, 2.45) is 0 Å². The number of anilines is 1. The number of carbonyl (C=O) groups excluding carboxylic acids is 1. The first-order chi connectivity index (χ1) is 16.6. The molecule has 34 heavy (non-hydrogen) atoms. The number of rotatable bonds is 8. The van der Waals surface area contributed by atoms with Crippen LogP contribution in [0.1, 0.15) is 16.3 Å². The minimum Gasteiger partial charge on any atom is -0.486 e. The van der Waals surface area contributed by atoms with E-state index in [-0.39, 0.29) is 25.0 Å². The van der Waals surface area contributed by atoms with Gasteiger partial charge in [-0.15, -0.1) is 0 Å². The summed E-state index contributed by atoms with van der Waals surface area (Å²) in [4.78, 5) is 12.5. The van der Waals surface area contributed by atoms with Crippen molar-refractivity contribution in [3.8, 4) is 11.5 Å². The molecule has 8 heteroatoms. The van der Waals surface area contributed by atoms with Crippen molar-refractivity contribution in [3.05, 3.63) is 108 Å². The van der Waals surface area contributed by atoms with Gasteiger partial charge in [-0.3, -0.25) is 4.79 Å². The lowest BCUT2D eigenvalue weighted by Crippen LogP contribution is -2.10. The van der Waals surface area contributed by atoms with Crippen LogP contribution in [0.5, 0.6) is 11.5 Å². The van der Waals surface area contributed by atoms with Crippen LogP contribution in [0.2, 0.25) is 5.02 Å². The first kappa shape index (κ1) is 21.6. The molecular weight excluding hydrogens is 454 g/mol. The van der Waals surface area contributed by atoms with Gasteiger partial charge >= 0.3 is 0 Å². The molecule has 7 nitrogen and oxygen atoms in total. The highest BCUT2D eigenvalue weighted by atomic mass is 35.5. The van der Waals surface area contributed by atoms with Crippen molar-refractivity contribution in [2.75, 3.05) is 5.32 Å². The van der Waals surface area contributed by atoms with Crippen LogP contribution < -0.4 is 14.8 Å². The maximum absolute atomic E-state index is 12.5. The van der Waals surface area contributed by atoms with Crippen LogP contribution in [0.4, 0.5) is 5.69 Å². The zero-order chi connectivity index (χ0) is 23.3. The molecule has 0 atom stereocenters. The van der Waals surface area contributed by atoms with E-state index in [2.05, 4.69) is 10.4 Å². The fraction of sp³-hybridized carbons (Fsp3) is 0.0769. The van der Waals surface area contributed by atoms with Crippen molar-refractivity contribution in [1.82, 2.24) is 9.78 Å². The summed E-state index contributed by atoms with van der Waals surface area (Å²) in [5.74, 6) is 1.70. The third kappa shape index (κ3) is 5.22. The van der Waals surface area contributed by atoms with E-state index in [1.807, 2.05) is 42.5 Å². The molecule has 0 aliphatic carbocycles. The van der Waals surface area contributed by atoms with E-state index in [0.717, 1.165) is 16.5 Å². The second-order valence-electron chi connectivity index (χ2n) is 7.52. The number of nitrogens with one attached hydrogen (secondary N) is 1. The van der Waals surface area contributed by atoms with Crippen LogP contribution >= 0.6 is 11.6 Å². The zero-order valence-corrected chi connectivity index (χ0v) is 18.7. The molecule has 170 valence electrons. The fourth-order valence-electron chi connectivity index (χ4n) is 3.38. The average molecular weight is 474 g/mol. The number of amides is 1. The molecule has 0 saturated heterocycles. The highest BCUT2D eigenvalue weighted by Crippen LogP contribution is 2.22. The van der Waals surface area contributed by atoms with Crippen molar-refractivity contribution in [1.29, 1.82) is 0 Å². The predicted molar refractivity (Wildman–Crippen MR) is 129 cm³/mol. The quantitative estimate of drug-likeness (QED) is 0.292. The summed E-state index contributed by atoms with van der Waals surface area (Å²) < 4.78 is 18.7. The summed E-state index contributed by atoms with van der Waals surface area (Å²) in [6.07, 6.45) is 3.20. The van der Waals surface area contributed by atoms with Gasteiger partial charge in [0.2, 0.25) is 0 Å². The second kappa shape index (κ2) is 9.72. The fourth-order valence-corrected chi connectivity index (χ4v) is 3.56. The number of benzene rings is 3. The number of nitrogens with zero attached hydrogens (tertiary/aromatic N) is 2. The average Bonchev–Trinajstić information content (AvgIpc) is 3.51. The number of carbonyl (C=O) groups is 1. The lowest BCUT2D eigenvalue weighted by Gasteiger charge is -2.06. The third-order valence-electron chi connectivity index (χ3n) is 5.04. The third-order valence-corrected chi connectivity index (χ3v) is 5.27. The van der Waals surface area contributed by atoms with Gasteiger partial charge < -0.3 is 19.2 Å². The summed E-state index contributed by atoms with van der Waals surface area (Å²) >= 11 is 5.95. The number of hydrogen-bond donors (Lipinski definition) is 1. The van der Waals surface area contributed by atoms with E-state index in [9.17, 15) is 4.79 Å². The molecule has 0 aliphatic heterocycles. The van der Waals surface area contributed by atoms with Gasteiger partial charge in [0, 0.05) is 5.02 Å². The van der Waals surface area contributed by atoms with Gasteiger partial charge in [-0.25, -0.2) is 4.68 Å². The van der Waals surface area contributed by atoms with Gasteiger partial charge in [0.1, 0.15) is 23.9 Å². The Morgan fingerprint density at radius 3 is 2.68 bits per heavy atom. The number of halogens is 1. The molecule has 2 heterocycles. The molecule has 3 aromatic carbocycles. The molecule has 0 unspecified atom stereocenters. The summed E-state index contributed by atoms with van der Waals surface area (Å²) in [6.45, 7) is 0.387. The van der Waals surface area contributed by atoms with Crippen molar-refractivity contribution in [2.45, 2.75) is 13.3 Å². The molecule has 0 radical (unpaired) electrons. The normalized spacial score (nSPS) is 10.9. The Kier molecular flexibility index (Phi) is 6.18. The maximum Gasteiger partial charge on any atom is 0.291 e. The molecule has 1 N–H and O–H groups in total. The van der Waals surface area contributed by atoms with Crippen LogP contribution in [-0.2, 0) is 13.3 Å². The lowest BCUT2D eigenvalue weighted by molar-refractivity contribution is 0.0992. The monoisotopic (exact) mass is 473 g/mol. The highest BCUT2D eigenvalue weighted by Gasteiger charge is 2.13. The lowest BCUT2D eigenvalue weighted by atomic mass is 10.1. The maximum atomic E-state index is 12.5. The van der Waals surface area contributed by atoms with Gasteiger partial charge in [0.25, 0.3) is 5.91 Å².